The second kappa shape index (κ2) is 12.9. The van der Waals surface area contributed by atoms with E-state index in [2.05, 4.69) is 250 Å². The monoisotopic (exact) mass is 848 g/mol. The van der Waals surface area contributed by atoms with Crippen molar-refractivity contribution in [2.24, 2.45) is 0 Å². The van der Waals surface area contributed by atoms with E-state index in [0.717, 1.165) is 22.7 Å². The Labute approximate surface area is 390 Å². The van der Waals surface area contributed by atoms with Crippen LogP contribution in [0.15, 0.2) is 231 Å². The van der Waals surface area contributed by atoms with Gasteiger partial charge in [0.15, 0.2) is 0 Å². The van der Waals surface area contributed by atoms with Crippen molar-refractivity contribution in [2.45, 2.75) is 5.41 Å². The average Bonchev–Trinajstić information content (AvgIpc) is 3.39. The summed E-state index contributed by atoms with van der Waals surface area (Å²) in [6.07, 6.45) is 0. The first-order valence-electron chi connectivity index (χ1n) is 23.5. The molecular weight excluding hydrogens is 810 g/mol. The lowest BCUT2D eigenvalue weighted by molar-refractivity contribution is 0.756. The Bertz CT molecular complexity index is 3260. The molecule has 4 nitrogen and oxygen atoms in total. The number of rotatable bonds is 4. The lowest BCUT2D eigenvalue weighted by Gasteiger charge is -2.56. The van der Waals surface area contributed by atoms with Crippen LogP contribution < -0.4 is 52.4 Å². The third kappa shape index (κ3) is 4.28. The Kier molecular flexibility index (Phi) is 6.88. The lowest BCUT2D eigenvalue weighted by atomic mass is 9.24. The number of hydrogen-bond donors (Lipinski definition) is 0. The minimum absolute atomic E-state index is 0.0138. The van der Waals surface area contributed by atoms with Crippen molar-refractivity contribution in [1.82, 2.24) is 0 Å². The highest BCUT2D eigenvalue weighted by Gasteiger charge is 2.60. The first-order chi connectivity index (χ1) is 33.3. The SMILES string of the molecule is c1ccc(N2c3cccc4c3B3c5c2cccc5C2(c5cccc(c53)N4c3ccccc3)c3cccc4c3B3c5c(cccc5N(c5ccccc5)c5cccc2c53)N4c2ccccc2)cc1. The van der Waals surface area contributed by atoms with Crippen LogP contribution in [-0.2, 0) is 5.41 Å². The van der Waals surface area contributed by atoms with Gasteiger partial charge in [0, 0.05) is 68.2 Å². The molecule has 0 amide bonds. The van der Waals surface area contributed by atoms with Crippen molar-refractivity contribution in [2.75, 3.05) is 19.6 Å². The largest absolute Gasteiger partial charge is 0.311 e. The molecule has 1 spiro atoms. The van der Waals surface area contributed by atoms with Crippen molar-refractivity contribution in [3.8, 4) is 0 Å². The standard InChI is InChI=1S/C61H38B2N4/c1-5-19-39(20-6-1)64-47-31-13-27-43-55(47)62-56-44(28-14-32-48(56)65(40-21-7-2-8-22-40)52-36-17-35-51(64)59(52)62)61(43)45-29-15-33-49-57(45)63-58-46(61)30-16-34-50(58)67(42-25-11-4-12-26-42)54-38-18-37-53(60(54)63)66(49)41-23-9-3-10-24-41/h1-38H. The van der Waals surface area contributed by atoms with E-state index in [1.54, 1.807) is 0 Å². The van der Waals surface area contributed by atoms with Gasteiger partial charge in [0.25, 0.3) is 13.4 Å². The van der Waals surface area contributed by atoms with Crippen LogP contribution in [0.25, 0.3) is 0 Å². The van der Waals surface area contributed by atoms with Crippen molar-refractivity contribution in [3.05, 3.63) is 253 Å². The second-order valence-corrected chi connectivity index (χ2v) is 18.7. The minimum Gasteiger partial charge on any atom is -0.311 e. The number of hydrogen-bond acceptors (Lipinski definition) is 4. The molecule has 16 rings (SSSR count). The molecule has 0 saturated carbocycles. The maximum absolute atomic E-state index is 2.55. The predicted molar refractivity (Wildman–Crippen MR) is 280 cm³/mol. The summed E-state index contributed by atoms with van der Waals surface area (Å²) in [6.45, 7) is 0.0276. The Hall–Kier alpha value is -8.47. The molecule has 10 aromatic rings. The number of benzene rings is 10. The Morgan fingerprint density at radius 3 is 0.657 bits per heavy atom. The third-order valence-corrected chi connectivity index (χ3v) is 15.8. The van der Waals surface area contributed by atoms with E-state index in [4.69, 9.17) is 0 Å². The third-order valence-electron chi connectivity index (χ3n) is 15.8. The quantitative estimate of drug-likeness (QED) is 0.164. The van der Waals surface area contributed by atoms with E-state index in [9.17, 15) is 0 Å². The summed E-state index contributed by atoms with van der Waals surface area (Å²) in [4.78, 5) is 10.2. The topological polar surface area (TPSA) is 13.0 Å². The molecule has 6 heterocycles. The van der Waals surface area contributed by atoms with Gasteiger partial charge in [-0.1, -0.05) is 133 Å². The number of fused-ring (bicyclic) bond motifs is 4. The smallest absolute Gasteiger partial charge is 0.253 e. The highest BCUT2D eigenvalue weighted by molar-refractivity contribution is 7.03. The van der Waals surface area contributed by atoms with E-state index < -0.39 is 5.41 Å². The molecule has 0 atom stereocenters. The van der Waals surface area contributed by atoms with Gasteiger partial charge < -0.3 is 19.6 Å². The summed E-state index contributed by atoms with van der Waals surface area (Å²) in [6, 6.07) is 86.8. The lowest BCUT2D eigenvalue weighted by Crippen LogP contribution is -2.72. The van der Waals surface area contributed by atoms with Crippen LogP contribution in [0.1, 0.15) is 22.3 Å². The maximum atomic E-state index is 2.55. The van der Waals surface area contributed by atoms with Crippen molar-refractivity contribution in [3.63, 3.8) is 0 Å². The van der Waals surface area contributed by atoms with Crippen LogP contribution in [0.3, 0.4) is 0 Å². The van der Waals surface area contributed by atoms with Gasteiger partial charge in [-0.15, -0.1) is 0 Å². The van der Waals surface area contributed by atoms with Gasteiger partial charge in [0.2, 0.25) is 0 Å². The fourth-order valence-corrected chi connectivity index (χ4v) is 13.6. The summed E-state index contributed by atoms with van der Waals surface area (Å²) >= 11 is 0. The number of nitrogens with zero attached hydrogens (tertiary/aromatic N) is 4. The second-order valence-electron chi connectivity index (χ2n) is 18.7. The van der Waals surface area contributed by atoms with E-state index in [0.29, 0.717) is 0 Å². The molecule has 0 N–H and O–H groups in total. The highest BCUT2D eigenvalue weighted by atomic mass is 15.2. The van der Waals surface area contributed by atoms with Gasteiger partial charge in [-0.2, -0.15) is 0 Å². The fourth-order valence-electron chi connectivity index (χ4n) is 13.6. The Morgan fingerprint density at radius 1 is 0.209 bits per heavy atom. The number of anilines is 12. The van der Waals surface area contributed by atoms with Crippen LogP contribution in [0, 0.1) is 0 Å². The molecule has 308 valence electrons. The van der Waals surface area contributed by atoms with E-state index in [1.807, 2.05) is 0 Å². The van der Waals surface area contributed by atoms with Gasteiger partial charge in [0.05, 0.1) is 5.41 Å². The molecule has 6 heteroatoms. The van der Waals surface area contributed by atoms with Crippen molar-refractivity contribution >= 4 is 114 Å². The molecule has 0 aromatic heterocycles. The maximum Gasteiger partial charge on any atom is 0.253 e. The fraction of sp³-hybridized carbons (Fsp3) is 0.0164. The van der Waals surface area contributed by atoms with Crippen LogP contribution in [-0.4, -0.2) is 13.4 Å². The highest BCUT2D eigenvalue weighted by Crippen LogP contribution is 2.56. The molecule has 0 bridgehead atoms. The average molecular weight is 849 g/mol. The van der Waals surface area contributed by atoms with Gasteiger partial charge >= 0.3 is 0 Å². The van der Waals surface area contributed by atoms with Gasteiger partial charge in [-0.3, -0.25) is 0 Å². The molecule has 6 aliphatic rings. The summed E-state index contributed by atoms with van der Waals surface area (Å²) in [7, 11) is 0. The molecule has 67 heavy (non-hydrogen) atoms. The minimum atomic E-state index is -0.691. The zero-order chi connectivity index (χ0) is 43.5. The van der Waals surface area contributed by atoms with Crippen LogP contribution in [0.5, 0.6) is 0 Å². The van der Waals surface area contributed by atoms with E-state index in [1.165, 1.54) is 101 Å². The Morgan fingerprint density at radius 2 is 0.418 bits per heavy atom. The van der Waals surface area contributed by atoms with Crippen molar-refractivity contribution < 1.29 is 0 Å². The van der Waals surface area contributed by atoms with Crippen molar-refractivity contribution in [1.29, 1.82) is 0 Å². The number of para-hydroxylation sites is 4. The zero-order valence-electron chi connectivity index (χ0n) is 36.4. The molecule has 0 radical (unpaired) electrons. The van der Waals surface area contributed by atoms with E-state index >= 15 is 0 Å². The van der Waals surface area contributed by atoms with Crippen LogP contribution in [0.4, 0.5) is 68.2 Å². The van der Waals surface area contributed by atoms with Gasteiger partial charge in [-0.05, 0) is 152 Å². The molecule has 0 saturated heterocycles. The Balaban J connectivity index is 1.11. The van der Waals surface area contributed by atoms with Gasteiger partial charge in [0.1, 0.15) is 0 Å². The molecule has 0 fully saturated rings. The molecule has 6 aliphatic heterocycles. The predicted octanol–water partition coefficient (Wildman–Crippen LogP) is 10.9. The molecule has 0 unspecified atom stereocenters. The summed E-state index contributed by atoms with van der Waals surface area (Å²) in [5, 5.41) is 0. The summed E-state index contributed by atoms with van der Waals surface area (Å²) in [5.74, 6) is 0. The first kappa shape index (κ1) is 35.8. The van der Waals surface area contributed by atoms with Gasteiger partial charge in [-0.25, -0.2) is 0 Å². The summed E-state index contributed by atoms with van der Waals surface area (Å²) in [5.41, 5.74) is 27.5. The van der Waals surface area contributed by atoms with Crippen LogP contribution in [0.2, 0.25) is 0 Å². The molecular formula is C61H38B2N4. The summed E-state index contributed by atoms with van der Waals surface area (Å²) < 4.78 is 0. The molecule has 10 aromatic carbocycles. The molecule has 0 aliphatic carbocycles. The zero-order valence-corrected chi connectivity index (χ0v) is 36.4. The first-order valence-corrected chi connectivity index (χ1v) is 23.5. The normalized spacial score (nSPS) is 15.1. The van der Waals surface area contributed by atoms with E-state index in [-0.39, 0.29) is 13.4 Å². The van der Waals surface area contributed by atoms with Crippen LogP contribution >= 0.6 is 0 Å².